The summed E-state index contributed by atoms with van der Waals surface area (Å²) >= 11 is 1.51. The molecule has 9 heteroatoms. The molecule has 2 aromatic rings. The largest absolute Gasteiger partial charge is 0.344 e. The zero-order valence-electron chi connectivity index (χ0n) is 13.2. The fraction of sp³-hybridized carbons (Fsp3) is 0.643. The molecule has 0 radical (unpaired) electrons. The number of piperidine rings is 1. The van der Waals surface area contributed by atoms with Crippen molar-refractivity contribution in [2.75, 3.05) is 13.1 Å². The monoisotopic (exact) mass is 335 g/mol. The van der Waals surface area contributed by atoms with Crippen LogP contribution in [0.1, 0.15) is 40.3 Å². The number of nitrogens with zero attached hydrogens (tertiary/aromatic N) is 5. The highest BCUT2D eigenvalue weighted by Crippen LogP contribution is 2.12. The Morgan fingerprint density at radius 3 is 3.04 bits per heavy atom. The summed E-state index contributed by atoms with van der Waals surface area (Å²) in [6.45, 7) is 5.29. The van der Waals surface area contributed by atoms with Crippen LogP contribution in [0.3, 0.4) is 0 Å². The summed E-state index contributed by atoms with van der Waals surface area (Å²) in [5, 5.41) is 24.1. The standard InChI is InChI=1S/C14H21N7OS/c1-2-12-18-19-13(23-12)7-16-14(22)11-9-21(20-17-11)8-10-4-3-5-15-6-10/h9-10,15H,2-8H2,1H3,(H,16,22). The molecule has 124 valence electrons. The van der Waals surface area contributed by atoms with E-state index in [1.165, 1.54) is 24.2 Å². The van der Waals surface area contributed by atoms with Crippen molar-refractivity contribution in [1.29, 1.82) is 0 Å². The van der Waals surface area contributed by atoms with E-state index in [4.69, 9.17) is 0 Å². The Morgan fingerprint density at radius 2 is 2.30 bits per heavy atom. The Balaban J connectivity index is 1.51. The summed E-state index contributed by atoms with van der Waals surface area (Å²) in [7, 11) is 0. The van der Waals surface area contributed by atoms with Crippen LogP contribution < -0.4 is 10.6 Å². The zero-order valence-corrected chi connectivity index (χ0v) is 14.0. The molecule has 2 aromatic heterocycles. The van der Waals surface area contributed by atoms with E-state index in [2.05, 4.69) is 31.1 Å². The average molecular weight is 335 g/mol. The summed E-state index contributed by atoms with van der Waals surface area (Å²) in [6, 6.07) is 0. The van der Waals surface area contributed by atoms with Gasteiger partial charge in [0.25, 0.3) is 5.91 Å². The lowest BCUT2D eigenvalue weighted by molar-refractivity contribution is 0.0945. The molecular formula is C14H21N7OS. The number of carbonyl (C=O) groups is 1. The van der Waals surface area contributed by atoms with Crippen LogP contribution >= 0.6 is 11.3 Å². The Labute approximate surface area is 138 Å². The lowest BCUT2D eigenvalue weighted by Crippen LogP contribution is -2.32. The molecular weight excluding hydrogens is 314 g/mol. The maximum atomic E-state index is 12.1. The summed E-state index contributed by atoms with van der Waals surface area (Å²) in [4.78, 5) is 12.1. The van der Waals surface area contributed by atoms with Crippen LogP contribution in [0.2, 0.25) is 0 Å². The average Bonchev–Trinajstić information content (AvgIpc) is 3.23. The van der Waals surface area contributed by atoms with Gasteiger partial charge in [-0.25, -0.2) is 0 Å². The Bertz CT molecular complexity index is 647. The van der Waals surface area contributed by atoms with Crippen LogP contribution in [0.5, 0.6) is 0 Å². The van der Waals surface area contributed by atoms with E-state index in [0.717, 1.165) is 36.1 Å². The third-order valence-electron chi connectivity index (χ3n) is 3.83. The minimum absolute atomic E-state index is 0.230. The topological polar surface area (TPSA) is 97.6 Å². The predicted molar refractivity (Wildman–Crippen MR) is 86.1 cm³/mol. The molecule has 3 heterocycles. The molecule has 0 aromatic carbocycles. The fourth-order valence-electron chi connectivity index (χ4n) is 2.59. The highest BCUT2D eigenvalue weighted by Gasteiger charge is 2.16. The SMILES string of the molecule is CCc1nnc(CNC(=O)c2cn(CC3CCCNC3)nn2)s1. The van der Waals surface area contributed by atoms with Gasteiger partial charge in [0.1, 0.15) is 10.0 Å². The first-order valence-electron chi connectivity index (χ1n) is 7.95. The fourth-order valence-corrected chi connectivity index (χ4v) is 3.31. The van der Waals surface area contributed by atoms with Crippen molar-refractivity contribution < 1.29 is 4.79 Å². The first kappa shape index (κ1) is 16.0. The minimum atomic E-state index is -0.230. The number of nitrogens with one attached hydrogen (secondary N) is 2. The predicted octanol–water partition coefficient (Wildman–Crippen LogP) is 0.622. The molecule has 1 aliphatic rings. The molecule has 1 fully saturated rings. The van der Waals surface area contributed by atoms with Crippen molar-refractivity contribution in [3.05, 3.63) is 21.9 Å². The van der Waals surface area contributed by atoms with Crippen LogP contribution in [-0.4, -0.2) is 44.2 Å². The smallest absolute Gasteiger partial charge is 0.273 e. The van der Waals surface area contributed by atoms with Gasteiger partial charge in [0.2, 0.25) is 0 Å². The minimum Gasteiger partial charge on any atom is -0.344 e. The molecule has 0 aliphatic carbocycles. The van der Waals surface area contributed by atoms with Gasteiger partial charge in [0.15, 0.2) is 5.69 Å². The zero-order chi connectivity index (χ0) is 16.1. The second-order valence-corrected chi connectivity index (χ2v) is 6.81. The van der Waals surface area contributed by atoms with Crippen LogP contribution in [0.4, 0.5) is 0 Å². The third-order valence-corrected chi connectivity index (χ3v) is 4.89. The van der Waals surface area contributed by atoms with Crippen molar-refractivity contribution >= 4 is 17.2 Å². The molecule has 0 saturated carbocycles. The summed E-state index contributed by atoms with van der Waals surface area (Å²) in [5.74, 6) is 0.321. The highest BCUT2D eigenvalue weighted by molar-refractivity contribution is 7.11. The number of rotatable bonds is 6. The van der Waals surface area contributed by atoms with Gasteiger partial charge in [-0.05, 0) is 38.3 Å². The molecule has 1 unspecified atom stereocenters. The number of aryl methyl sites for hydroxylation is 1. The lowest BCUT2D eigenvalue weighted by atomic mass is 10.00. The van der Waals surface area contributed by atoms with E-state index < -0.39 is 0 Å². The van der Waals surface area contributed by atoms with Crippen molar-refractivity contribution in [1.82, 2.24) is 35.8 Å². The Hall–Kier alpha value is -1.87. The molecule has 23 heavy (non-hydrogen) atoms. The molecule has 1 atom stereocenters. The number of amides is 1. The van der Waals surface area contributed by atoms with Crippen LogP contribution in [0, 0.1) is 5.92 Å². The number of carbonyl (C=O) groups excluding carboxylic acids is 1. The second-order valence-electron chi connectivity index (χ2n) is 5.66. The van der Waals surface area contributed by atoms with Gasteiger partial charge in [-0.3, -0.25) is 9.48 Å². The molecule has 1 amide bonds. The van der Waals surface area contributed by atoms with Crippen LogP contribution in [0.15, 0.2) is 6.20 Å². The normalized spacial score (nSPS) is 18.0. The molecule has 2 N–H and O–H groups in total. The Morgan fingerprint density at radius 1 is 1.43 bits per heavy atom. The quantitative estimate of drug-likeness (QED) is 0.803. The van der Waals surface area contributed by atoms with Crippen LogP contribution in [0.25, 0.3) is 0 Å². The Kier molecular flexibility index (Phi) is 5.29. The van der Waals surface area contributed by atoms with Gasteiger partial charge in [-0.1, -0.05) is 23.5 Å². The van der Waals surface area contributed by atoms with Gasteiger partial charge in [0.05, 0.1) is 12.7 Å². The van der Waals surface area contributed by atoms with Crippen molar-refractivity contribution in [2.45, 2.75) is 39.3 Å². The van der Waals surface area contributed by atoms with Crippen molar-refractivity contribution in [3.8, 4) is 0 Å². The second kappa shape index (κ2) is 7.60. The molecule has 3 rings (SSSR count). The van der Waals surface area contributed by atoms with Gasteiger partial charge in [-0.15, -0.1) is 15.3 Å². The lowest BCUT2D eigenvalue weighted by Gasteiger charge is -2.22. The summed E-state index contributed by atoms with van der Waals surface area (Å²) < 4.78 is 1.76. The molecule has 0 spiro atoms. The van der Waals surface area contributed by atoms with E-state index >= 15 is 0 Å². The van der Waals surface area contributed by atoms with Gasteiger partial charge >= 0.3 is 0 Å². The van der Waals surface area contributed by atoms with E-state index in [1.807, 2.05) is 6.92 Å². The molecule has 1 aliphatic heterocycles. The summed E-state index contributed by atoms with van der Waals surface area (Å²) in [6.07, 6.45) is 4.94. The summed E-state index contributed by atoms with van der Waals surface area (Å²) in [5.41, 5.74) is 0.342. The van der Waals surface area contributed by atoms with E-state index in [9.17, 15) is 4.79 Å². The maximum Gasteiger partial charge on any atom is 0.273 e. The van der Waals surface area contributed by atoms with E-state index in [0.29, 0.717) is 18.2 Å². The van der Waals surface area contributed by atoms with Crippen molar-refractivity contribution in [2.24, 2.45) is 5.92 Å². The number of hydrogen-bond donors (Lipinski definition) is 2. The van der Waals surface area contributed by atoms with Crippen molar-refractivity contribution in [3.63, 3.8) is 0 Å². The number of hydrogen-bond acceptors (Lipinski definition) is 7. The first-order chi connectivity index (χ1) is 11.2. The molecule has 8 nitrogen and oxygen atoms in total. The third kappa shape index (κ3) is 4.32. The highest BCUT2D eigenvalue weighted by atomic mass is 32.1. The van der Waals surface area contributed by atoms with Crippen LogP contribution in [-0.2, 0) is 19.5 Å². The van der Waals surface area contributed by atoms with Gasteiger partial charge < -0.3 is 10.6 Å². The molecule has 0 bridgehead atoms. The van der Waals surface area contributed by atoms with E-state index in [-0.39, 0.29) is 5.91 Å². The van der Waals surface area contributed by atoms with Gasteiger partial charge in [-0.2, -0.15) is 0 Å². The van der Waals surface area contributed by atoms with Gasteiger partial charge in [0, 0.05) is 6.54 Å². The maximum absolute atomic E-state index is 12.1. The molecule has 1 saturated heterocycles. The number of aromatic nitrogens is 5. The van der Waals surface area contributed by atoms with E-state index in [1.54, 1.807) is 10.9 Å². The first-order valence-corrected chi connectivity index (χ1v) is 8.76.